The second kappa shape index (κ2) is 12.1. The van der Waals surface area contributed by atoms with Gasteiger partial charge < -0.3 is 14.1 Å². The van der Waals surface area contributed by atoms with Crippen LogP contribution in [0.4, 0.5) is 28.4 Å². The minimum atomic E-state index is -0.503. The highest BCUT2D eigenvalue weighted by Gasteiger charge is 2.56. The number of rotatable bonds is 4. The van der Waals surface area contributed by atoms with E-state index in [0.29, 0.717) is 0 Å². The van der Waals surface area contributed by atoms with Crippen molar-refractivity contribution in [2.24, 2.45) is 0 Å². The fourth-order valence-electron chi connectivity index (χ4n) is 11.9. The number of fused-ring (bicyclic) bond motifs is 18. The highest BCUT2D eigenvalue weighted by molar-refractivity contribution is 6.94. The zero-order valence-corrected chi connectivity index (χ0v) is 33.8. The molecule has 0 N–H and O–H groups in total. The average Bonchev–Trinajstić information content (AvgIpc) is 3.83. The van der Waals surface area contributed by atoms with Gasteiger partial charge in [0.25, 0.3) is 0 Å². The zero-order valence-electron chi connectivity index (χ0n) is 33.8. The van der Waals surface area contributed by atoms with Crippen LogP contribution in [-0.2, 0) is 11.8 Å². The highest BCUT2D eigenvalue weighted by atomic mass is 16.3. The first kappa shape index (κ1) is 33.5. The van der Waals surface area contributed by atoms with Gasteiger partial charge in [-0.3, -0.25) is 0 Å². The molecule has 1 aliphatic carbocycles. The van der Waals surface area contributed by atoms with Crippen LogP contribution in [0.1, 0.15) is 47.6 Å². The summed E-state index contributed by atoms with van der Waals surface area (Å²) in [7, 11) is 0. The van der Waals surface area contributed by atoms with Gasteiger partial charge in [-0.15, -0.1) is 0 Å². The Morgan fingerprint density at radius 3 is 2.00 bits per heavy atom. The standard InChI is InChI=1S/C57H39BN2O/c1-2-3-15-35-28-30-37(31-29-35)60-51-33-43-41-20-8-13-27-52(41)61-53(43)34-42(51)44-32-36-16-4-5-17-38(36)55-54(44)58(60)49-25-14-24-48-56(49)59(55)50-26-12-11-23-47(50)57(48)45-21-9-6-18-39(45)40-19-7-10-22-46(40)57/h4-14,16-34H,2-3,15H2,1H3. The van der Waals surface area contributed by atoms with Crippen molar-refractivity contribution < 1.29 is 4.42 Å². The Balaban J connectivity index is 1.15. The third-order valence-electron chi connectivity index (χ3n) is 14.4. The van der Waals surface area contributed by atoms with Crippen LogP contribution in [0.25, 0.3) is 55.0 Å². The first-order valence-electron chi connectivity index (χ1n) is 21.9. The van der Waals surface area contributed by atoms with Gasteiger partial charge >= 0.3 is 6.85 Å². The van der Waals surface area contributed by atoms with E-state index in [9.17, 15) is 0 Å². The summed E-state index contributed by atoms with van der Waals surface area (Å²) in [6, 6.07) is 68.9. The molecule has 9 aromatic carbocycles. The van der Waals surface area contributed by atoms with Crippen LogP contribution in [0.5, 0.6) is 0 Å². The van der Waals surface area contributed by atoms with E-state index in [2.05, 4.69) is 199 Å². The molecular weight excluding hydrogens is 739 g/mol. The molecule has 4 heterocycles. The summed E-state index contributed by atoms with van der Waals surface area (Å²) in [6.45, 7) is 2.16. The maximum atomic E-state index is 6.66. The Kier molecular flexibility index (Phi) is 6.68. The number of benzene rings is 9. The van der Waals surface area contributed by atoms with Crippen molar-refractivity contribution in [2.75, 3.05) is 9.71 Å². The van der Waals surface area contributed by atoms with Crippen molar-refractivity contribution in [3.8, 4) is 22.3 Å². The van der Waals surface area contributed by atoms with Gasteiger partial charge in [0.2, 0.25) is 0 Å². The molecule has 4 heteroatoms. The van der Waals surface area contributed by atoms with Crippen molar-refractivity contribution in [1.82, 2.24) is 0 Å². The number of unbranched alkanes of at least 4 members (excludes halogenated alkanes) is 1. The van der Waals surface area contributed by atoms with Crippen LogP contribution in [-0.4, -0.2) is 6.85 Å². The van der Waals surface area contributed by atoms with Crippen LogP contribution in [0.3, 0.4) is 0 Å². The summed E-state index contributed by atoms with van der Waals surface area (Å²) in [5.41, 5.74) is 22.0. The number of aryl methyl sites for hydroxylation is 1. The predicted molar refractivity (Wildman–Crippen MR) is 254 cm³/mol. The summed E-state index contributed by atoms with van der Waals surface area (Å²) in [4.78, 5) is 5.32. The molecule has 0 saturated heterocycles. The van der Waals surface area contributed by atoms with Crippen LogP contribution in [0.2, 0.25) is 0 Å². The number of hydrogen-bond donors (Lipinski definition) is 0. The summed E-state index contributed by atoms with van der Waals surface area (Å²) in [5, 5.41) is 4.77. The smallest absolute Gasteiger partial charge is 0.333 e. The molecule has 1 spiro atoms. The second-order valence-electron chi connectivity index (χ2n) is 17.4. The number of furan rings is 1. The molecule has 3 aliphatic heterocycles. The molecule has 0 amide bonds. The maximum Gasteiger partial charge on any atom is 0.333 e. The lowest BCUT2D eigenvalue weighted by Gasteiger charge is -2.51. The third-order valence-corrected chi connectivity index (χ3v) is 14.4. The molecule has 286 valence electrons. The second-order valence-corrected chi connectivity index (χ2v) is 17.4. The summed E-state index contributed by atoms with van der Waals surface area (Å²) in [5.74, 6) is 0. The van der Waals surface area contributed by atoms with E-state index < -0.39 is 5.41 Å². The van der Waals surface area contributed by atoms with Gasteiger partial charge in [0, 0.05) is 38.8 Å². The minimum absolute atomic E-state index is 0.111. The molecule has 14 rings (SSSR count). The van der Waals surface area contributed by atoms with Gasteiger partial charge in [-0.2, -0.15) is 0 Å². The summed E-state index contributed by atoms with van der Waals surface area (Å²) in [6.07, 6.45) is 3.45. The lowest BCUT2D eigenvalue weighted by molar-refractivity contribution is 0.669. The molecule has 61 heavy (non-hydrogen) atoms. The first-order valence-corrected chi connectivity index (χ1v) is 21.9. The molecule has 0 atom stereocenters. The Morgan fingerprint density at radius 1 is 0.508 bits per heavy atom. The van der Waals surface area contributed by atoms with Gasteiger partial charge in [-0.1, -0.05) is 153 Å². The Labute approximate surface area is 355 Å². The molecule has 3 nitrogen and oxygen atoms in total. The molecule has 0 bridgehead atoms. The number of nitrogens with zero attached hydrogens (tertiary/aromatic N) is 2. The Morgan fingerprint density at radius 2 is 1.20 bits per heavy atom. The molecule has 0 radical (unpaired) electrons. The molecular formula is C57H39BN2O. The van der Waals surface area contributed by atoms with Gasteiger partial charge in [0.15, 0.2) is 0 Å². The summed E-state index contributed by atoms with van der Waals surface area (Å²) >= 11 is 0. The predicted octanol–water partition coefficient (Wildman–Crippen LogP) is 13.5. The van der Waals surface area contributed by atoms with E-state index in [-0.39, 0.29) is 6.85 Å². The average molecular weight is 779 g/mol. The number of anilines is 5. The third kappa shape index (κ3) is 4.20. The Hall–Kier alpha value is -7.30. The van der Waals surface area contributed by atoms with Crippen LogP contribution >= 0.6 is 0 Å². The number of hydrogen-bond acceptors (Lipinski definition) is 3. The SMILES string of the molecule is CCCCc1ccc(N2B3c4cccc5c4N(c4ccccc4C54c5ccccc5-c5ccccc54)c4c3c(cc3ccccc43)-c3cc4oc5ccccc5c4cc32)cc1. The van der Waals surface area contributed by atoms with Crippen molar-refractivity contribution in [3.63, 3.8) is 0 Å². The van der Waals surface area contributed by atoms with Crippen LogP contribution in [0.15, 0.2) is 186 Å². The number of para-hydroxylation sites is 3. The summed E-state index contributed by atoms with van der Waals surface area (Å²) < 4.78 is 6.66. The van der Waals surface area contributed by atoms with E-state index in [1.54, 1.807) is 0 Å². The van der Waals surface area contributed by atoms with E-state index in [4.69, 9.17) is 4.42 Å². The van der Waals surface area contributed by atoms with E-state index in [1.165, 1.54) is 113 Å². The molecule has 0 fully saturated rings. The van der Waals surface area contributed by atoms with Crippen molar-refractivity contribution in [3.05, 3.63) is 210 Å². The highest BCUT2D eigenvalue weighted by Crippen LogP contribution is 2.64. The van der Waals surface area contributed by atoms with E-state index in [1.807, 2.05) is 0 Å². The largest absolute Gasteiger partial charge is 0.456 e. The lowest BCUT2D eigenvalue weighted by atomic mass is 9.42. The molecule has 0 unspecified atom stereocenters. The van der Waals surface area contributed by atoms with Gasteiger partial charge in [0.05, 0.1) is 16.8 Å². The zero-order chi connectivity index (χ0) is 40.0. The van der Waals surface area contributed by atoms with Gasteiger partial charge in [-0.05, 0) is 116 Å². The van der Waals surface area contributed by atoms with Gasteiger partial charge in [0.1, 0.15) is 11.2 Å². The fraction of sp³-hybridized carbons (Fsp3) is 0.0877. The maximum absolute atomic E-state index is 6.66. The molecule has 10 aromatic rings. The molecule has 4 aliphatic rings. The van der Waals surface area contributed by atoms with Gasteiger partial charge in [-0.25, -0.2) is 0 Å². The molecule has 0 saturated carbocycles. The lowest BCUT2D eigenvalue weighted by Crippen LogP contribution is -2.62. The van der Waals surface area contributed by atoms with Crippen LogP contribution in [0, 0.1) is 0 Å². The van der Waals surface area contributed by atoms with E-state index in [0.717, 1.165) is 28.4 Å². The fourth-order valence-corrected chi connectivity index (χ4v) is 11.9. The normalized spacial score (nSPS) is 14.5. The van der Waals surface area contributed by atoms with Crippen molar-refractivity contribution >= 4 is 78.9 Å². The first-order chi connectivity index (χ1) is 30.2. The minimum Gasteiger partial charge on any atom is -0.456 e. The monoisotopic (exact) mass is 778 g/mol. The molecule has 1 aromatic heterocycles. The van der Waals surface area contributed by atoms with Crippen LogP contribution < -0.4 is 20.6 Å². The topological polar surface area (TPSA) is 19.6 Å². The quantitative estimate of drug-likeness (QED) is 0.166. The Bertz CT molecular complexity index is 3460. The van der Waals surface area contributed by atoms with E-state index >= 15 is 0 Å². The van der Waals surface area contributed by atoms with Crippen molar-refractivity contribution in [2.45, 2.75) is 31.6 Å². The van der Waals surface area contributed by atoms with Crippen molar-refractivity contribution in [1.29, 1.82) is 0 Å².